The van der Waals surface area contributed by atoms with Gasteiger partial charge in [0.1, 0.15) is 23.0 Å². The zero-order chi connectivity index (χ0) is 35.0. The van der Waals surface area contributed by atoms with Crippen molar-refractivity contribution in [3.05, 3.63) is 192 Å². The Bertz CT molecular complexity index is 3050. The van der Waals surface area contributed by atoms with Crippen LogP contribution in [0.3, 0.4) is 0 Å². The van der Waals surface area contributed by atoms with Crippen LogP contribution in [0.5, 0.6) is 5.75 Å². The molecule has 0 spiro atoms. The first-order valence-electron chi connectivity index (χ1n) is 18.3. The van der Waals surface area contributed by atoms with Crippen molar-refractivity contribution in [2.75, 3.05) is 0 Å². The van der Waals surface area contributed by atoms with Crippen molar-refractivity contribution in [2.45, 2.75) is 18.9 Å². The normalized spacial score (nSPS) is 15.7. The van der Waals surface area contributed by atoms with Gasteiger partial charge < -0.3 is 18.3 Å². The van der Waals surface area contributed by atoms with E-state index in [0.29, 0.717) is 0 Å². The molecule has 2 aliphatic rings. The summed E-state index contributed by atoms with van der Waals surface area (Å²) in [7, 11) is 0. The Morgan fingerprint density at radius 3 is 2.02 bits per heavy atom. The third-order valence-electron chi connectivity index (χ3n) is 11.0. The van der Waals surface area contributed by atoms with Crippen LogP contribution in [0, 0.1) is 6.92 Å². The molecule has 7 aromatic carbocycles. The first-order chi connectivity index (χ1) is 26.2. The van der Waals surface area contributed by atoms with Gasteiger partial charge in [0.15, 0.2) is 0 Å². The lowest BCUT2D eigenvalue weighted by atomic mass is 9.87. The molecule has 10 aromatic rings. The molecule has 0 N–H and O–H groups in total. The van der Waals surface area contributed by atoms with E-state index in [-0.39, 0.29) is 12.0 Å². The summed E-state index contributed by atoms with van der Waals surface area (Å²) in [6.07, 6.45) is 4.60. The molecule has 3 aromatic heterocycles. The lowest BCUT2D eigenvalue weighted by Crippen LogP contribution is -2.16. The van der Waals surface area contributed by atoms with E-state index in [1.54, 1.807) is 0 Å². The van der Waals surface area contributed by atoms with Gasteiger partial charge in [0.25, 0.3) is 0 Å². The molecule has 12 rings (SSSR count). The average molecular weight is 683 g/mol. The highest BCUT2D eigenvalue weighted by Gasteiger charge is 2.40. The SMILES string of the molecule is C1=CC2c3ccccc3OC2c2c1c1ccccc1n2-c1ccccc1.Cc1ccc2c(c1)c1c3oc4ccccc4c3ccc1n2-c1ccccc1. The van der Waals surface area contributed by atoms with E-state index >= 15 is 0 Å². The number of rotatable bonds is 2. The molecule has 4 heteroatoms. The van der Waals surface area contributed by atoms with Crippen molar-refractivity contribution < 1.29 is 9.15 Å². The minimum atomic E-state index is 0.0139. The maximum Gasteiger partial charge on any atom is 0.150 e. The highest BCUT2D eigenvalue weighted by atomic mass is 16.5. The lowest BCUT2D eigenvalue weighted by Gasteiger charge is -2.24. The molecular weight excluding hydrogens is 649 g/mol. The first-order valence-corrected chi connectivity index (χ1v) is 18.3. The second-order valence-corrected chi connectivity index (χ2v) is 14.1. The van der Waals surface area contributed by atoms with E-state index in [1.807, 2.05) is 18.2 Å². The number of fused-ring (bicyclic) bond motifs is 14. The topological polar surface area (TPSA) is 32.2 Å². The van der Waals surface area contributed by atoms with Gasteiger partial charge in [-0.2, -0.15) is 0 Å². The maximum absolute atomic E-state index is 6.46. The molecule has 53 heavy (non-hydrogen) atoms. The van der Waals surface area contributed by atoms with Crippen LogP contribution in [0.4, 0.5) is 0 Å². The Morgan fingerprint density at radius 1 is 0.528 bits per heavy atom. The summed E-state index contributed by atoms with van der Waals surface area (Å²) in [4.78, 5) is 0. The molecular formula is C49H34N2O2. The van der Waals surface area contributed by atoms with Crippen LogP contribution < -0.4 is 4.74 Å². The van der Waals surface area contributed by atoms with Gasteiger partial charge in [0.05, 0.1) is 27.6 Å². The second-order valence-electron chi connectivity index (χ2n) is 14.1. The number of benzene rings is 7. The van der Waals surface area contributed by atoms with Crippen LogP contribution >= 0.6 is 0 Å². The van der Waals surface area contributed by atoms with E-state index in [1.165, 1.54) is 71.6 Å². The van der Waals surface area contributed by atoms with Gasteiger partial charge in [-0.3, -0.25) is 0 Å². The minimum Gasteiger partial charge on any atom is -0.483 e. The number of nitrogens with zero attached hydrogens (tertiary/aromatic N) is 2. The van der Waals surface area contributed by atoms with Crippen molar-refractivity contribution in [1.82, 2.24) is 9.13 Å². The standard InChI is InChI=1S/C25H17NO.C24H17NO/c1-16-11-13-21-20(15-16)24-22(26(21)17-7-3-2-4-8-17)14-12-19-18-9-5-6-10-23(18)27-25(19)24;1-2-8-16(9-3-1)25-21-12-6-4-10-17(21)19-14-15-20-18-11-5-7-13-22(18)26-24(20)23(19)25/h2-15H,1H3;1-15,20,24H. The van der Waals surface area contributed by atoms with E-state index in [9.17, 15) is 0 Å². The molecule has 2 unspecified atom stereocenters. The lowest BCUT2D eigenvalue weighted by molar-refractivity contribution is 0.216. The molecule has 4 heterocycles. The zero-order valence-electron chi connectivity index (χ0n) is 29.1. The second kappa shape index (κ2) is 11.6. The fourth-order valence-electron chi connectivity index (χ4n) is 8.72. The molecule has 0 radical (unpaired) electrons. The van der Waals surface area contributed by atoms with Crippen LogP contribution in [0.25, 0.3) is 72.1 Å². The predicted molar refractivity (Wildman–Crippen MR) is 218 cm³/mol. The summed E-state index contributed by atoms with van der Waals surface area (Å²) in [5, 5.41) is 6.04. The van der Waals surface area contributed by atoms with E-state index < -0.39 is 0 Å². The first kappa shape index (κ1) is 29.9. The number of aromatic nitrogens is 2. The van der Waals surface area contributed by atoms with Crippen molar-refractivity contribution >= 4 is 60.7 Å². The molecule has 0 fully saturated rings. The summed E-state index contributed by atoms with van der Waals surface area (Å²) in [5.41, 5.74) is 12.9. The molecule has 1 aliphatic heterocycles. The monoisotopic (exact) mass is 682 g/mol. The third kappa shape index (κ3) is 4.49. The Morgan fingerprint density at radius 2 is 1.19 bits per heavy atom. The Labute approximate surface area is 306 Å². The number of para-hydroxylation sites is 5. The molecule has 0 bridgehead atoms. The summed E-state index contributed by atoms with van der Waals surface area (Å²) >= 11 is 0. The molecule has 4 nitrogen and oxygen atoms in total. The summed E-state index contributed by atoms with van der Waals surface area (Å²) in [6, 6.07) is 57.5. The molecule has 0 saturated carbocycles. The Balaban J connectivity index is 0.000000125. The number of furan rings is 1. The number of hydrogen-bond donors (Lipinski definition) is 0. The van der Waals surface area contributed by atoms with Crippen molar-refractivity contribution in [3.8, 4) is 17.1 Å². The Hall–Kier alpha value is -6.78. The van der Waals surface area contributed by atoms with Gasteiger partial charge in [-0.1, -0.05) is 115 Å². The van der Waals surface area contributed by atoms with Gasteiger partial charge in [-0.25, -0.2) is 0 Å². The minimum absolute atomic E-state index is 0.0139. The molecule has 2 atom stereocenters. The molecule has 0 amide bonds. The number of aryl methyl sites for hydroxylation is 1. The molecule has 1 aliphatic carbocycles. The fraction of sp³-hybridized carbons (Fsp3) is 0.0612. The molecule has 0 saturated heterocycles. The van der Waals surface area contributed by atoms with Crippen molar-refractivity contribution in [1.29, 1.82) is 0 Å². The summed E-state index contributed by atoms with van der Waals surface area (Å²) in [6.45, 7) is 2.14. The van der Waals surface area contributed by atoms with E-state index in [0.717, 1.165) is 22.6 Å². The van der Waals surface area contributed by atoms with E-state index in [2.05, 4.69) is 174 Å². The quantitative estimate of drug-likeness (QED) is 0.182. The van der Waals surface area contributed by atoms with Crippen molar-refractivity contribution in [3.63, 3.8) is 0 Å². The number of hydrogen-bond acceptors (Lipinski definition) is 2. The highest BCUT2D eigenvalue weighted by molar-refractivity contribution is 6.23. The van der Waals surface area contributed by atoms with Crippen LogP contribution in [-0.4, -0.2) is 9.13 Å². The smallest absolute Gasteiger partial charge is 0.150 e. The number of ether oxygens (including phenoxy) is 1. The Kier molecular flexibility index (Phi) is 6.56. The summed E-state index contributed by atoms with van der Waals surface area (Å²) in [5.74, 6) is 1.27. The van der Waals surface area contributed by atoms with Crippen LogP contribution in [0.15, 0.2) is 174 Å². The largest absolute Gasteiger partial charge is 0.483 e. The van der Waals surface area contributed by atoms with Gasteiger partial charge in [0, 0.05) is 50.0 Å². The fourth-order valence-corrected chi connectivity index (χ4v) is 8.72. The third-order valence-corrected chi connectivity index (χ3v) is 11.0. The average Bonchev–Trinajstić information content (AvgIpc) is 3.96. The zero-order valence-corrected chi connectivity index (χ0v) is 29.1. The van der Waals surface area contributed by atoms with Crippen LogP contribution in [0.1, 0.15) is 34.4 Å². The van der Waals surface area contributed by atoms with Gasteiger partial charge >= 0.3 is 0 Å². The highest BCUT2D eigenvalue weighted by Crippen LogP contribution is 2.52. The van der Waals surface area contributed by atoms with Crippen molar-refractivity contribution in [2.24, 2.45) is 0 Å². The van der Waals surface area contributed by atoms with Gasteiger partial charge in [0.2, 0.25) is 0 Å². The van der Waals surface area contributed by atoms with Gasteiger partial charge in [-0.15, -0.1) is 0 Å². The maximum atomic E-state index is 6.46. The predicted octanol–water partition coefficient (Wildman–Crippen LogP) is 12.9. The molecule has 252 valence electrons. The van der Waals surface area contributed by atoms with Crippen LogP contribution in [0.2, 0.25) is 0 Å². The van der Waals surface area contributed by atoms with Crippen LogP contribution in [-0.2, 0) is 0 Å². The van der Waals surface area contributed by atoms with Gasteiger partial charge in [-0.05, 0) is 73.7 Å². The summed E-state index contributed by atoms with van der Waals surface area (Å²) < 4.78 is 17.5. The van der Waals surface area contributed by atoms with E-state index in [4.69, 9.17) is 9.15 Å².